The molecule has 90 valence electrons. The molecule has 0 aliphatic carbocycles. The van der Waals surface area contributed by atoms with E-state index in [0.717, 1.165) is 21.8 Å². The largest absolute Gasteiger partial charge is 0.328 e. The Bertz CT molecular complexity index is 519. The number of aryl methyl sites for hydroxylation is 1. The summed E-state index contributed by atoms with van der Waals surface area (Å²) < 4.78 is 2.07. The topological polar surface area (TPSA) is 43.8 Å². The van der Waals surface area contributed by atoms with Gasteiger partial charge < -0.3 is 10.3 Å². The molecule has 0 aliphatic heterocycles. The maximum Gasteiger partial charge on any atom is 0.0953 e. The third kappa shape index (κ3) is 2.35. The van der Waals surface area contributed by atoms with E-state index in [1.54, 1.807) is 6.33 Å². The summed E-state index contributed by atoms with van der Waals surface area (Å²) >= 11 is 6.14. The summed E-state index contributed by atoms with van der Waals surface area (Å²) in [7, 11) is 0. The van der Waals surface area contributed by atoms with Gasteiger partial charge in [-0.25, -0.2) is 4.98 Å². The van der Waals surface area contributed by atoms with E-state index in [-0.39, 0.29) is 6.04 Å². The van der Waals surface area contributed by atoms with Crippen LogP contribution in [0, 0.1) is 6.92 Å². The van der Waals surface area contributed by atoms with Crippen LogP contribution in [0.4, 0.5) is 0 Å². The quantitative estimate of drug-likeness (QED) is 0.909. The molecule has 4 heteroatoms. The van der Waals surface area contributed by atoms with Crippen molar-refractivity contribution in [3.63, 3.8) is 0 Å². The predicted octanol–water partition coefficient (Wildman–Crippen LogP) is 3.03. The van der Waals surface area contributed by atoms with Gasteiger partial charge in [0.2, 0.25) is 0 Å². The maximum atomic E-state index is 6.14. The highest BCUT2D eigenvalue weighted by Gasteiger charge is 2.10. The second-order valence-electron chi connectivity index (χ2n) is 4.23. The summed E-state index contributed by atoms with van der Waals surface area (Å²) in [5, 5.41) is 0.774. The summed E-state index contributed by atoms with van der Waals surface area (Å²) in [6.07, 6.45) is 3.65. The first-order valence-corrected chi connectivity index (χ1v) is 5.99. The molecule has 1 aromatic heterocycles. The number of hydrogen-bond acceptors (Lipinski definition) is 2. The van der Waals surface area contributed by atoms with Crippen molar-refractivity contribution in [2.75, 3.05) is 6.54 Å². The van der Waals surface area contributed by atoms with Crippen molar-refractivity contribution < 1.29 is 0 Å². The van der Waals surface area contributed by atoms with Gasteiger partial charge in [-0.05, 0) is 25.5 Å². The summed E-state index contributed by atoms with van der Waals surface area (Å²) in [6.45, 7) is 4.65. The van der Waals surface area contributed by atoms with Crippen molar-refractivity contribution in [1.82, 2.24) is 9.55 Å². The molecular formula is C13H16ClN3. The van der Waals surface area contributed by atoms with E-state index < -0.39 is 0 Å². The van der Waals surface area contributed by atoms with Crippen LogP contribution in [0.2, 0.25) is 5.02 Å². The average Bonchev–Trinajstić information content (AvgIpc) is 2.80. The highest BCUT2D eigenvalue weighted by molar-refractivity contribution is 6.31. The van der Waals surface area contributed by atoms with E-state index >= 15 is 0 Å². The first-order valence-electron chi connectivity index (χ1n) is 5.62. The van der Waals surface area contributed by atoms with Crippen LogP contribution in [0.15, 0.2) is 30.7 Å². The molecular weight excluding hydrogens is 234 g/mol. The Kier molecular flexibility index (Phi) is 3.50. The number of nitrogens with two attached hydrogens (primary N) is 1. The van der Waals surface area contributed by atoms with Gasteiger partial charge in [0.1, 0.15) is 0 Å². The molecule has 1 unspecified atom stereocenters. The number of rotatable bonds is 3. The van der Waals surface area contributed by atoms with Gasteiger partial charge in [0.15, 0.2) is 0 Å². The van der Waals surface area contributed by atoms with E-state index in [0.29, 0.717) is 6.54 Å². The fourth-order valence-corrected chi connectivity index (χ4v) is 1.93. The average molecular weight is 250 g/mol. The summed E-state index contributed by atoms with van der Waals surface area (Å²) in [6, 6.07) is 6.26. The third-order valence-corrected chi connectivity index (χ3v) is 3.36. The van der Waals surface area contributed by atoms with Crippen LogP contribution < -0.4 is 5.73 Å². The number of aromatic nitrogens is 2. The normalized spacial score (nSPS) is 12.7. The van der Waals surface area contributed by atoms with Gasteiger partial charge in [0.05, 0.1) is 18.2 Å². The Morgan fingerprint density at radius 2 is 2.24 bits per heavy atom. The van der Waals surface area contributed by atoms with Crippen molar-refractivity contribution in [3.05, 3.63) is 41.3 Å². The molecule has 1 heterocycles. The monoisotopic (exact) mass is 249 g/mol. The number of imidazole rings is 1. The highest BCUT2D eigenvalue weighted by atomic mass is 35.5. The molecule has 2 N–H and O–H groups in total. The van der Waals surface area contributed by atoms with Crippen molar-refractivity contribution >= 4 is 11.6 Å². The summed E-state index contributed by atoms with van der Waals surface area (Å²) in [4.78, 5) is 4.18. The fraction of sp³-hybridized carbons (Fsp3) is 0.308. The van der Waals surface area contributed by atoms with E-state index in [9.17, 15) is 0 Å². The van der Waals surface area contributed by atoms with Gasteiger partial charge in [-0.15, -0.1) is 0 Å². The van der Waals surface area contributed by atoms with Gasteiger partial charge in [-0.2, -0.15) is 0 Å². The maximum absolute atomic E-state index is 6.14. The van der Waals surface area contributed by atoms with Crippen LogP contribution in [0.5, 0.6) is 0 Å². The number of nitrogens with zero attached hydrogens (tertiary/aromatic N) is 2. The Balaban J connectivity index is 2.46. The molecule has 1 atom stereocenters. The van der Waals surface area contributed by atoms with E-state index in [1.807, 2.05) is 25.3 Å². The first-order chi connectivity index (χ1) is 8.13. The second kappa shape index (κ2) is 4.90. The molecule has 1 aromatic carbocycles. The molecule has 0 radical (unpaired) electrons. The molecule has 3 nitrogen and oxygen atoms in total. The lowest BCUT2D eigenvalue weighted by atomic mass is 10.1. The Labute approximate surface area is 106 Å². The van der Waals surface area contributed by atoms with Crippen molar-refractivity contribution in [2.45, 2.75) is 19.9 Å². The smallest absolute Gasteiger partial charge is 0.0953 e. The molecule has 0 saturated heterocycles. The molecule has 17 heavy (non-hydrogen) atoms. The Morgan fingerprint density at radius 1 is 1.47 bits per heavy atom. The summed E-state index contributed by atoms with van der Waals surface area (Å²) in [5.41, 5.74) is 8.88. The summed E-state index contributed by atoms with van der Waals surface area (Å²) in [5.74, 6) is 0. The molecule has 0 aliphatic rings. The zero-order valence-electron chi connectivity index (χ0n) is 10.0. The zero-order chi connectivity index (χ0) is 12.4. The minimum Gasteiger partial charge on any atom is -0.328 e. The van der Waals surface area contributed by atoms with Gasteiger partial charge in [0.25, 0.3) is 0 Å². The molecule has 0 bridgehead atoms. The lowest BCUT2D eigenvalue weighted by Gasteiger charge is -2.14. The van der Waals surface area contributed by atoms with Gasteiger partial charge >= 0.3 is 0 Å². The molecule has 0 amide bonds. The van der Waals surface area contributed by atoms with E-state index in [4.69, 9.17) is 17.3 Å². The molecule has 2 aromatic rings. The second-order valence-corrected chi connectivity index (χ2v) is 4.64. The van der Waals surface area contributed by atoms with Crippen LogP contribution in [-0.2, 0) is 0 Å². The lowest BCUT2D eigenvalue weighted by Crippen LogP contribution is -2.16. The van der Waals surface area contributed by atoms with Gasteiger partial charge in [-0.3, -0.25) is 0 Å². The molecule has 0 fully saturated rings. The number of hydrogen-bond donors (Lipinski definition) is 1. The molecule has 2 rings (SSSR count). The predicted molar refractivity (Wildman–Crippen MR) is 71.2 cm³/mol. The van der Waals surface area contributed by atoms with Crippen LogP contribution in [0.1, 0.15) is 18.5 Å². The van der Waals surface area contributed by atoms with E-state index in [2.05, 4.69) is 22.5 Å². The third-order valence-electron chi connectivity index (χ3n) is 2.95. The van der Waals surface area contributed by atoms with Crippen molar-refractivity contribution in [2.24, 2.45) is 5.73 Å². The minimum atomic E-state index is 0.229. The van der Waals surface area contributed by atoms with Crippen LogP contribution in [0.25, 0.3) is 11.3 Å². The Hall–Kier alpha value is -1.32. The van der Waals surface area contributed by atoms with Crippen LogP contribution >= 0.6 is 11.6 Å². The zero-order valence-corrected chi connectivity index (χ0v) is 10.8. The van der Waals surface area contributed by atoms with Gasteiger partial charge in [-0.1, -0.05) is 23.7 Å². The number of halogens is 1. The first kappa shape index (κ1) is 12.1. The SMILES string of the molecule is Cc1ccc(-c2cncn2C(C)CN)cc1Cl. The molecule has 0 saturated carbocycles. The molecule has 0 spiro atoms. The highest BCUT2D eigenvalue weighted by Crippen LogP contribution is 2.26. The fourth-order valence-electron chi connectivity index (χ4n) is 1.75. The lowest BCUT2D eigenvalue weighted by molar-refractivity contribution is 0.563. The standard InChI is InChI=1S/C13H16ClN3/c1-9-3-4-11(5-12(9)14)13-7-16-8-17(13)10(2)6-15/h3-5,7-8,10H,6,15H2,1-2H3. The van der Waals surface area contributed by atoms with Crippen molar-refractivity contribution in [1.29, 1.82) is 0 Å². The van der Waals surface area contributed by atoms with E-state index in [1.165, 1.54) is 0 Å². The van der Waals surface area contributed by atoms with Crippen LogP contribution in [-0.4, -0.2) is 16.1 Å². The Morgan fingerprint density at radius 3 is 2.88 bits per heavy atom. The van der Waals surface area contributed by atoms with Crippen molar-refractivity contribution in [3.8, 4) is 11.3 Å². The van der Waals surface area contributed by atoms with Crippen LogP contribution in [0.3, 0.4) is 0 Å². The number of benzene rings is 1. The van der Waals surface area contributed by atoms with Gasteiger partial charge in [0, 0.05) is 23.2 Å². The minimum absolute atomic E-state index is 0.229.